The number of hydrogen-bond donors (Lipinski definition) is 0. The standard InChI is InChI=1S/C15H21NS/c1-10(2)12-6-5-7-17-14-9-16-8-13(11(3)4)15(12)14/h6,8-11H,5,7H2,1-4H3. The van der Waals surface area contributed by atoms with Gasteiger partial charge in [-0.25, -0.2) is 0 Å². The number of thioether (sulfide) groups is 1. The summed E-state index contributed by atoms with van der Waals surface area (Å²) < 4.78 is 0. The fourth-order valence-electron chi connectivity index (χ4n) is 2.32. The molecule has 1 aromatic rings. The Morgan fingerprint density at radius 1 is 1.12 bits per heavy atom. The van der Waals surface area contributed by atoms with Crippen molar-refractivity contribution in [1.82, 2.24) is 4.98 Å². The highest BCUT2D eigenvalue weighted by Gasteiger charge is 2.19. The molecule has 0 fully saturated rings. The van der Waals surface area contributed by atoms with E-state index < -0.39 is 0 Å². The third-order valence-corrected chi connectivity index (χ3v) is 4.27. The third kappa shape index (κ3) is 2.57. The molecule has 0 aromatic carbocycles. The van der Waals surface area contributed by atoms with E-state index in [0.717, 1.165) is 0 Å². The Kier molecular flexibility index (Phi) is 3.93. The molecule has 0 radical (unpaired) electrons. The summed E-state index contributed by atoms with van der Waals surface area (Å²) in [5.74, 6) is 2.30. The lowest BCUT2D eigenvalue weighted by Crippen LogP contribution is -2.03. The maximum absolute atomic E-state index is 4.41. The molecular weight excluding hydrogens is 226 g/mol. The molecule has 1 aliphatic heterocycles. The predicted molar refractivity (Wildman–Crippen MR) is 76.5 cm³/mol. The second-order valence-corrected chi connectivity index (χ2v) is 6.34. The maximum atomic E-state index is 4.41. The van der Waals surface area contributed by atoms with Crippen molar-refractivity contribution in [1.29, 1.82) is 0 Å². The van der Waals surface area contributed by atoms with Gasteiger partial charge >= 0.3 is 0 Å². The molecular formula is C15H21NS. The zero-order valence-corrected chi connectivity index (χ0v) is 12.0. The fourth-order valence-corrected chi connectivity index (χ4v) is 3.29. The summed E-state index contributed by atoms with van der Waals surface area (Å²) >= 11 is 1.95. The zero-order chi connectivity index (χ0) is 12.4. The molecule has 0 N–H and O–H groups in total. The second kappa shape index (κ2) is 5.26. The minimum absolute atomic E-state index is 0.540. The summed E-state index contributed by atoms with van der Waals surface area (Å²) in [5, 5.41) is 0. The minimum atomic E-state index is 0.540. The molecule has 0 bridgehead atoms. The lowest BCUT2D eigenvalue weighted by atomic mass is 9.88. The molecule has 0 aliphatic carbocycles. The number of pyridine rings is 1. The number of allylic oxidation sites excluding steroid dienone is 2. The Bertz CT molecular complexity index is 433. The predicted octanol–water partition coefficient (Wildman–Crippen LogP) is 4.74. The van der Waals surface area contributed by atoms with Gasteiger partial charge in [0.25, 0.3) is 0 Å². The summed E-state index contributed by atoms with van der Waals surface area (Å²) in [4.78, 5) is 5.78. The highest BCUT2D eigenvalue weighted by atomic mass is 32.2. The van der Waals surface area contributed by atoms with Gasteiger partial charge in [-0.3, -0.25) is 4.98 Å². The van der Waals surface area contributed by atoms with Crippen LogP contribution in [0.2, 0.25) is 0 Å². The van der Waals surface area contributed by atoms with Gasteiger partial charge < -0.3 is 0 Å². The first-order chi connectivity index (χ1) is 8.11. The van der Waals surface area contributed by atoms with Crippen LogP contribution < -0.4 is 0 Å². The van der Waals surface area contributed by atoms with Crippen LogP contribution in [0, 0.1) is 5.92 Å². The molecule has 0 saturated heterocycles. The molecule has 0 unspecified atom stereocenters. The minimum Gasteiger partial charge on any atom is -0.263 e. The van der Waals surface area contributed by atoms with Crippen molar-refractivity contribution in [2.45, 2.75) is 44.9 Å². The van der Waals surface area contributed by atoms with Crippen LogP contribution in [0.3, 0.4) is 0 Å². The van der Waals surface area contributed by atoms with Crippen LogP contribution in [-0.2, 0) is 0 Å². The number of aromatic nitrogens is 1. The average molecular weight is 247 g/mol. The number of hydrogen-bond acceptors (Lipinski definition) is 2. The lowest BCUT2D eigenvalue weighted by molar-refractivity contribution is 0.814. The largest absolute Gasteiger partial charge is 0.263 e. The Morgan fingerprint density at radius 3 is 2.53 bits per heavy atom. The smallest absolute Gasteiger partial charge is 0.0410 e. The van der Waals surface area contributed by atoms with Gasteiger partial charge in [0.2, 0.25) is 0 Å². The van der Waals surface area contributed by atoms with Gasteiger partial charge in [-0.05, 0) is 35.0 Å². The fraction of sp³-hybridized carbons (Fsp3) is 0.533. The quantitative estimate of drug-likeness (QED) is 0.748. The van der Waals surface area contributed by atoms with E-state index in [1.54, 1.807) is 0 Å². The van der Waals surface area contributed by atoms with Crippen LogP contribution in [0.25, 0.3) is 5.57 Å². The molecule has 1 aromatic heterocycles. The lowest BCUT2D eigenvalue weighted by Gasteiger charge is -2.19. The van der Waals surface area contributed by atoms with E-state index in [-0.39, 0.29) is 0 Å². The number of rotatable bonds is 2. The molecule has 0 amide bonds. The summed E-state index contributed by atoms with van der Waals surface area (Å²) in [6.07, 6.45) is 7.68. The number of fused-ring (bicyclic) bond motifs is 1. The van der Waals surface area contributed by atoms with Gasteiger partial charge in [0.15, 0.2) is 0 Å². The summed E-state index contributed by atoms with van der Waals surface area (Å²) in [7, 11) is 0. The van der Waals surface area contributed by atoms with Crippen LogP contribution in [0.5, 0.6) is 0 Å². The van der Waals surface area contributed by atoms with E-state index in [2.05, 4.69) is 38.8 Å². The van der Waals surface area contributed by atoms with Crippen molar-refractivity contribution in [2.75, 3.05) is 5.75 Å². The molecule has 17 heavy (non-hydrogen) atoms. The Morgan fingerprint density at radius 2 is 1.88 bits per heavy atom. The summed E-state index contributed by atoms with van der Waals surface area (Å²) in [5.41, 5.74) is 4.38. The highest BCUT2D eigenvalue weighted by Crippen LogP contribution is 2.39. The van der Waals surface area contributed by atoms with Gasteiger partial charge in [-0.15, -0.1) is 11.8 Å². The van der Waals surface area contributed by atoms with E-state index in [9.17, 15) is 0 Å². The van der Waals surface area contributed by atoms with Crippen molar-refractivity contribution >= 4 is 17.3 Å². The van der Waals surface area contributed by atoms with Crippen LogP contribution >= 0.6 is 11.8 Å². The SMILES string of the molecule is CC(C)C1=CCCSc2cncc(C(C)C)c21. The topological polar surface area (TPSA) is 12.9 Å². The maximum Gasteiger partial charge on any atom is 0.0410 e. The summed E-state index contributed by atoms with van der Waals surface area (Å²) in [6, 6.07) is 0. The highest BCUT2D eigenvalue weighted by molar-refractivity contribution is 7.99. The van der Waals surface area contributed by atoms with Gasteiger partial charge in [-0.2, -0.15) is 0 Å². The van der Waals surface area contributed by atoms with Crippen molar-refractivity contribution < 1.29 is 0 Å². The van der Waals surface area contributed by atoms with Crippen molar-refractivity contribution in [3.8, 4) is 0 Å². The van der Waals surface area contributed by atoms with E-state index in [4.69, 9.17) is 0 Å². The van der Waals surface area contributed by atoms with Crippen molar-refractivity contribution in [3.05, 3.63) is 29.6 Å². The molecule has 2 heteroatoms. The van der Waals surface area contributed by atoms with E-state index in [0.29, 0.717) is 11.8 Å². The van der Waals surface area contributed by atoms with Crippen LogP contribution in [0.1, 0.15) is 51.2 Å². The molecule has 1 nitrogen and oxygen atoms in total. The molecule has 1 aliphatic rings. The van der Waals surface area contributed by atoms with Crippen molar-refractivity contribution in [3.63, 3.8) is 0 Å². The van der Waals surface area contributed by atoms with Crippen LogP contribution in [-0.4, -0.2) is 10.7 Å². The first kappa shape index (κ1) is 12.7. The molecule has 0 spiro atoms. The van der Waals surface area contributed by atoms with Gasteiger partial charge in [0.1, 0.15) is 0 Å². The molecule has 92 valence electrons. The van der Waals surface area contributed by atoms with E-state index >= 15 is 0 Å². The second-order valence-electron chi connectivity index (χ2n) is 5.21. The zero-order valence-electron chi connectivity index (χ0n) is 11.2. The Hall–Kier alpha value is -0.760. The van der Waals surface area contributed by atoms with Crippen molar-refractivity contribution in [2.24, 2.45) is 5.92 Å². The van der Waals surface area contributed by atoms with E-state index in [1.165, 1.54) is 33.8 Å². The Balaban J connectivity index is 2.61. The average Bonchev–Trinajstić information content (AvgIpc) is 2.50. The third-order valence-electron chi connectivity index (χ3n) is 3.21. The monoisotopic (exact) mass is 247 g/mol. The van der Waals surface area contributed by atoms with Crippen LogP contribution in [0.15, 0.2) is 23.4 Å². The Labute approximate surface area is 109 Å². The molecule has 0 atom stereocenters. The molecule has 2 rings (SSSR count). The first-order valence-corrected chi connectivity index (χ1v) is 7.41. The van der Waals surface area contributed by atoms with Gasteiger partial charge in [-0.1, -0.05) is 33.8 Å². The molecule has 0 saturated carbocycles. The first-order valence-electron chi connectivity index (χ1n) is 6.42. The molecule has 2 heterocycles. The van der Waals surface area contributed by atoms with Gasteiger partial charge in [0.05, 0.1) is 0 Å². The summed E-state index contributed by atoms with van der Waals surface area (Å²) in [6.45, 7) is 9.09. The number of nitrogens with zero attached hydrogens (tertiary/aromatic N) is 1. The normalized spacial score (nSPS) is 15.8. The van der Waals surface area contributed by atoms with E-state index in [1.807, 2.05) is 24.2 Å². The van der Waals surface area contributed by atoms with Crippen LogP contribution in [0.4, 0.5) is 0 Å². The van der Waals surface area contributed by atoms with Gasteiger partial charge in [0, 0.05) is 23.0 Å².